The lowest BCUT2D eigenvalue weighted by Crippen LogP contribution is -2.36. The van der Waals surface area contributed by atoms with E-state index in [-0.39, 0.29) is 5.82 Å². The summed E-state index contributed by atoms with van der Waals surface area (Å²) in [5, 5.41) is 2.16. The monoisotopic (exact) mass is 305 g/mol. The van der Waals surface area contributed by atoms with Crippen molar-refractivity contribution in [2.24, 2.45) is 0 Å². The summed E-state index contributed by atoms with van der Waals surface area (Å²) in [4.78, 5) is 3.88. The number of morpholine rings is 1. The lowest BCUT2D eigenvalue weighted by Gasteiger charge is -2.26. The van der Waals surface area contributed by atoms with Crippen molar-refractivity contribution in [3.63, 3.8) is 0 Å². The highest BCUT2D eigenvalue weighted by Gasteiger charge is 2.10. The molecule has 2 nitrogen and oxygen atoms in total. The van der Waals surface area contributed by atoms with Crippen molar-refractivity contribution < 1.29 is 9.13 Å². The second kappa shape index (κ2) is 7.16. The number of aryl methyl sites for hydroxylation is 1. The molecule has 0 N–H and O–H groups in total. The number of hydrogen-bond acceptors (Lipinski definition) is 3. The van der Waals surface area contributed by atoms with E-state index in [1.165, 1.54) is 29.0 Å². The zero-order valence-electron chi connectivity index (χ0n) is 12.1. The van der Waals surface area contributed by atoms with Gasteiger partial charge in [0.05, 0.1) is 13.2 Å². The number of rotatable bonds is 5. The third-order valence-electron chi connectivity index (χ3n) is 3.83. The summed E-state index contributed by atoms with van der Waals surface area (Å²) in [6, 6.07) is 8.96. The second-order valence-electron chi connectivity index (χ2n) is 5.37. The molecule has 1 aromatic heterocycles. The minimum Gasteiger partial charge on any atom is -0.379 e. The van der Waals surface area contributed by atoms with Gasteiger partial charge < -0.3 is 4.74 Å². The average molecular weight is 305 g/mol. The lowest BCUT2D eigenvalue weighted by molar-refractivity contribution is 0.0375. The topological polar surface area (TPSA) is 12.5 Å². The molecule has 2 aromatic rings. The second-order valence-corrected chi connectivity index (χ2v) is 6.36. The summed E-state index contributed by atoms with van der Waals surface area (Å²) < 4.78 is 18.3. The molecule has 0 bridgehead atoms. The predicted octanol–water partition coefficient (Wildman–Crippen LogP) is 3.82. The van der Waals surface area contributed by atoms with E-state index in [1.54, 1.807) is 11.3 Å². The van der Waals surface area contributed by atoms with Crippen LogP contribution in [0.5, 0.6) is 0 Å². The van der Waals surface area contributed by atoms with Gasteiger partial charge in [0.1, 0.15) is 5.82 Å². The molecule has 0 aliphatic carbocycles. The van der Waals surface area contributed by atoms with E-state index in [0.717, 1.165) is 44.8 Å². The Labute approximate surface area is 129 Å². The van der Waals surface area contributed by atoms with Crippen LogP contribution in [-0.4, -0.2) is 37.7 Å². The van der Waals surface area contributed by atoms with Crippen molar-refractivity contribution in [3.8, 4) is 11.1 Å². The largest absolute Gasteiger partial charge is 0.379 e. The highest BCUT2D eigenvalue weighted by Crippen LogP contribution is 2.26. The van der Waals surface area contributed by atoms with Gasteiger partial charge in [0.15, 0.2) is 0 Å². The molecule has 0 spiro atoms. The smallest absolute Gasteiger partial charge is 0.123 e. The zero-order valence-corrected chi connectivity index (χ0v) is 12.9. The van der Waals surface area contributed by atoms with Crippen LogP contribution in [0.15, 0.2) is 35.7 Å². The average Bonchev–Trinajstić information content (AvgIpc) is 2.98. The van der Waals surface area contributed by atoms with Crippen molar-refractivity contribution in [1.29, 1.82) is 0 Å². The van der Waals surface area contributed by atoms with Crippen LogP contribution in [0.4, 0.5) is 4.39 Å². The predicted molar refractivity (Wildman–Crippen MR) is 85.3 cm³/mol. The molecule has 112 valence electrons. The third-order valence-corrected chi connectivity index (χ3v) is 4.83. The van der Waals surface area contributed by atoms with Crippen LogP contribution in [0.2, 0.25) is 0 Å². The Morgan fingerprint density at radius 3 is 2.62 bits per heavy atom. The van der Waals surface area contributed by atoms with E-state index >= 15 is 0 Å². The number of nitrogens with zero attached hydrogens (tertiary/aromatic N) is 1. The van der Waals surface area contributed by atoms with Gasteiger partial charge in [-0.1, -0.05) is 12.1 Å². The first-order chi connectivity index (χ1) is 10.3. The standard InChI is InChI=1S/C17H20FNOS/c18-16-5-3-14(4-6-16)15-12-17(21-13-15)2-1-7-19-8-10-20-11-9-19/h3-6,12-13H,1-2,7-11H2. The molecule has 0 amide bonds. The number of ether oxygens (including phenoxy) is 1. The molecule has 1 fully saturated rings. The van der Waals surface area contributed by atoms with Crippen molar-refractivity contribution in [1.82, 2.24) is 4.90 Å². The third kappa shape index (κ3) is 4.13. The van der Waals surface area contributed by atoms with Crippen LogP contribution in [-0.2, 0) is 11.2 Å². The first-order valence-electron chi connectivity index (χ1n) is 7.45. The van der Waals surface area contributed by atoms with E-state index in [4.69, 9.17) is 4.74 Å². The summed E-state index contributed by atoms with van der Waals surface area (Å²) in [6.07, 6.45) is 2.30. The van der Waals surface area contributed by atoms with Crippen LogP contribution in [0.1, 0.15) is 11.3 Å². The Bertz CT molecular complexity index is 560. The molecule has 0 saturated carbocycles. The van der Waals surface area contributed by atoms with Crippen LogP contribution in [0, 0.1) is 5.82 Å². The van der Waals surface area contributed by atoms with Gasteiger partial charge in [0.25, 0.3) is 0 Å². The van der Waals surface area contributed by atoms with Crippen molar-refractivity contribution in [2.75, 3.05) is 32.8 Å². The molecule has 1 aliphatic rings. The zero-order chi connectivity index (χ0) is 14.5. The van der Waals surface area contributed by atoms with Gasteiger partial charge in [0, 0.05) is 18.0 Å². The maximum atomic E-state index is 12.9. The Morgan fingerprint density at radius 2 is 1.86 bits per heavy atom. The van der Waals surface area contributed by atoms with Gasteiger partial charge in [-0.3, -0.25) is 4.90 Å². The molecule has 0 atom stereocenters. The van der Waals surface area contributed by atoms with Gasteiger partial charge in [-0.25, -0.2) is 4.39 Å². The first kappa shape index (κ1) is 14.7. The molecule has 4 heteroatoms. The summed E-state index contributed by atoms with van der Waals surface area (Å²) in [5.41, 5.74) is 2.29. The Kier molecular flexibility index (Phi) is 5.01. The van der Waals surface area contributed by atoms with E-state index in [0.29, 0.717) is 0 Å². The van der Waals surface area contributed by atoms with Gasteiger partial charge in [-0.2, -0.15) is 0 Å². The van der Waals surface area contributed by atoms with Gasteiger partial charge in [-0.15, -0.1) is 11.3 Å². The van der Waals surface area contributed by atoms with E-state index in [9.17, 15) is 4.39 Å². The first-order valence-corrected chi connectivity index (χ1v) is 8.33. The van der Waals surface area contributed by atoms with Crippen LogP contribution < -0.4 is 0 Å². The minimum atomic E-state index is -0.181. The maximum Gasteiger partial charge on any atom is 0.123 e. The summed E-state index contributed by atoms with van der Waals surface area (Å²) in [6.45, 7) is 5.01. The highest BCUT2D eigenvalue weighted by atomic mass is 32.1. The Morgan fingerprint density at radius 1 is 1.10 bits per heavy atom. The summed E-state index contributed by atoms with van der Waals surface area (Å²) in [5.74, 6) is -0.181. The Balaban J connectivity index is 1.51. The molecule has 0 unspecified atom stereocenters. The minimum absolute atomic E-state index is 0.181. The molecular weight excluding hydrogens is 285 g/mol. The molecular formula is C17H20FNOS. The van der Waals surface area contributed by atoms with Crippen molar-refractivity contribution >= 4 is 11.3 Å². The fraction of sp³-hybridized carbons (Fsp3) is 0.412. The van der Waals surface area contributed by atoms with Gasteiger partial charge in [0.2, 0.25) is 0 Å². The van der Waals surface area contributed by atoms with Crippen LogP contribution >= 0.6 is 11.3 Å². The molecule has 1 aromatic carbocycles. The molecule has 2 heterocycles. The van der Waals surface area contributed by atoms with E-state index < -0.39 is 0 Å². The molecule has 21 heavy (non-hydrogen) atoms. The fourth-order valence-electron chi connectivity index (χ4n) is 2.61. The van der Waals surface area contributed by atoms with Crippen molar-refractivity contribution in [2.45, 2.75) is 12.8 Å². The number of thiophene rings is 1. The molecule has 3 rings (SSSR count). The number of halogens is 1. The SMILES string of the molecule is Fc1ccc(-c2csc(CCCN3CCOCC3)c2)cc1. The summed E-state index contributed by atoms with van der Waals surface area (Å²) >= 11 is 1.80. The fourth-order valence-corrected chi connectivity index (χ4v) is 3.55. The van der Waals surface area contributed by atoms with E-state index in [2.05, 4.69) is 16.3 Å². The van der Waals surface area contributed by atoms with Crippen LogP contribution in [0.3, 0.4) is 0 Å². The number of benzene rings is 1. The molecule has 0 radical (unpaired) electrons. The van der Waals surface area contributed by atoms with Gasteiger partial charge >= 0.3 is 0 Å². The van der Waals surface area contributed by atoms with E-state index in [1.807, 2.05) is 12.1 Å². The maximum absolute atomic E-state index is 12.9. The summed E-state index contributed by atoms with van der Waals surface area (Å²) in [7, 11) is 0. The highest BCUT2D eigenvalue weighted by molar-refractivity contribution is 7.10. The van der Waals surface area contributed by atoms with Crippen molar-refractivity contribution in [3.05, 3.63) is 46.4 Å². The molecule has 1 aliphatic heterocycles. The lowest BCUT2D eigenvalue weighted by atomic mass is 10.1. The number of hydrogen-bond donors (Lipinski definition) is 0. The normalized spacial score (nSPS) is 16.2. The van der Waals surface area contributed by atoms with Gasteiger partial charge in [-0.05, 0) is 54.1 Å². The molecule has 1 saturated heterocycles. The van der Waals surface area contributed by atoms with Crippen LogP contribution in [0.25, 0.3) is 11.1 Å². The quantitative estimate of drug-likeness (QED) is 0.832. The Hall–Kier alpha value is -1.23.